The summed E-state index contributed by atoms with van der Waals surface area (Å²) in [6.07, 6.45) is 10.2. The molecule has 4 rings (SSSR count). The molecule has 0 spiro atoms. The van der Waals surface area contributed by atoms with E-state index >= 15 is 0 Å². The van der Waals surface area contributed by atoms with Crippen molar-refractivity contribution < 1.29 is 22.3 Å². The standard InChI is InChI=1S/C33H64N4O5S/c1-22(2)31(42-43(39,40)41)23(3)26-8-9-27-30-28(11-13-33(26,27)5)32(4)12-10-25(20-24(32)21-29(30)38)37-17-7-16-36-19-18-35-15-6-14-34/h22-31,35-38H,6-21,34H2,1-5H3,(H,39,40,41)/t23-,24+,25-,26+,27?,28?,29+,30?,31-,32-,33+/m0/s1. The highest BCUT2D eigenvalue weighted by atomic mass is 32.3. The average Bonchev–Trinajstić information content (AvgIpc) is 3.29. The van der Waals surface area contributed by atoms with E-state index in [1.165, 1.54) is 19.3 Å². The van der Waals surface area contributed by atoms with Crippen LogP contribution < -0.4 is 21.7 Å². The van der Waals surface area contributed by atoms with Gasteiger partial charge >= 0.3 is 10.4 Å². The van der Waals surface area contributed by atoms with Gasteiger partial charge in [-0.1, -0.05) is 34.6 Å². The number of hydrogen-bond donors (Lipinski definition) is 6. The van der Waals surface area contributed by atoms with Gasteiger partial charge < -0.3 is 26.8 Å². The van der Waals surface area contributed by atoms with Crippen molar-refractivity contribution in [3.05, 3.63) is 0 Å². The van der Waals surface area contributed by atoms with Gasteiger partial charge in [-0.25, -0.2) is 4.18 Å². The Balaban J connectivity index is 1.31. The van der Waals surface area contributed by atoms with Crippen LogP contribution in [0.25, 0.3) is 0 Å². The maximum atomic E-state index is 11.8. The summed E-state index contributed by atoms with van der Waals surface area (Å²) >= 11 is 0. The number of fused-ring (bicyclic) bond motifs is 5. The molecule has 0 aromatic rings. The van der Waals surface area contributed by atoms with Crippen LogP contribution >= 0.6 is 0 Å². The SMILES string of the molecule is CC(C)[C@H](OS(=O)(=O)O)[C@@H](C)[C@H]1CCC2C3C(CC[C@@]21C)[C@@]1(C)CC[C@H](NCCCNCCNCCCN)C[C@@H]1C[C@H]3O. The van der Waals surface area contributed by atoms with Crippen molar-refractivity contribution in [3.63, 3.8) is 0 Å². The van der Waals surface area contributed by atoms with Crippen LogP contribution in [0.4, 0.5) is 0 Å². The quantitative estimate of drug-likeness (QED) is 0.110. The van der Waals surface area contributed by atoms with Gasteiger partial charge in [0.25, 0.3) is 0 Å². The molecule has 0 aromatic carbocycles. The molecule has 0 amide bonds. The fraction of sp³-hybridized carbons (Fsp3) is 1.00. The molecule has 4 fully saturated rings. The molecule has 0 aliphatic heterocycles. The van der Waals surface area contributed by atoms with Crippen molar-refractivity contribution in [2.24, 2.45) is 58.0 Å². The average molecular weight is 629 g/mol. The summed E-state index contributed by atoms with van der Waals surface area (Å²) in [7, 11) is -4.52. The number of rotatable bonds is 16. The highest BCUT2D eigenvalue weighted by Crippen LogP contribution is 2.68. The Morgan fingerprint density at radius 1 is 0.884 bits per heavy atom. The van der Waals surface area contributed by atoms with Crippen molar-refractivity contribution in [2.75, 3.05) is 39.3 Å². The smallest absolute Gasteiger partial charge is 0.393 e. The molecule has 11 atom stereocenters. The minimum atomic E-state index is -4.52. The molecule has 43 heavy (non-hydrogen) atoms. The maximum absolute atomic E-state index is 11.8. The zero-order valence-corrected chi connectivity index (χ0v) is 28.5. The Morgan fingerprint density at radius 3 is 2.19 bits per heavy atom. The molecule has 4 aliphatic carbocycles. The topological polar surface area (TPSA) is 146 Å². The Kier molecular flexibility index (Phi) is 12.4. The zero-order valence-electron chi connectivity index (χ0n) is 27.7. The van der Waals surface area contributed by atoms with Crippen LogP contribution in [0.15, 0.2) is 0 Å². The van der Waals surface area contributed by atoms with Crippen LogP contribution in [-0.4, -0.2) is 75.6 Å². The lowest BCUT2D eigenvalue weighted by Crippen LogP contribution is -2.59. The lowest BCUT2D eigenvalue weighted by atomic mass is 9.43. The molecule has 7 N–H and O–H groups in total. The number of nitrogens with two attached hydrogens (primary N) is 1. The Hall–Kier alpha value is -0.330. The van der Waals surface area contributed by atoms with Crippen LogP contribution in [0.3, 0.4) is 0 Å². The molecule has 0 bridgehead atoms. The van der Waals surface area contributed by atoms with Crippen molar-refractivity contribution in [1.82, 2.24) is 16.0 Å². The lowest BCUT2D eigenvalue weighted by Gasteiger charge is -2.63. The van der Waals surface area contributed by atoms with E-state index < -0.39 is 16.5 Å². The first-order valence-corrected chi connectivity index (χ1v) is 18.9. The van der Waals surface area contributed by atoms with E-state index in [1.807, 2.05) is 13.8 Å². The summed E-state index contributed by atoms with van der Waals surface area (Å²) in [4.78, 5) is 0. The molecule has 0 heterocycles. The first kappa shape index (κ1) is 35.5. The van der Waals surface area contributed by atoms with E-state index in [4.69, 9.17) is 9.92 Å². The number of nitrogens with one attached hydrogen (secondary N) is 3. The Morgan fingerprint density at radius 2 is 1.53 bits per heavy atom. The first-order valence-electron chi connectivity index (χ1n) is 17.5. The van der Waals surface area contributed by atoms with Gasteiger partial charge in [-0.3, -0.25) is 4.55 Å². The minimum absolute atomic E-state index is 0.00672. The summed E-state index contributed by atoms with van der Waals surface area (Å²) in [6, 6.07) is 0.543. The molecule has 4 aliphatic rings. The van der Waals surface area contributed by atoms with Gasteiger partial charge in [0.15, 0.2) is 0 Å². The largest absolute Gasteiger partial charge is 0.397 e. The molecule has 4 saturated carbocycles. The second-order valence-electron chi connectivity index (χ2n) is 15.5. The van der Waals surface area contributed by atoms with Gasteiger partial charge in [0.1, 0.15) is 0 Å². The second kappa shape index (κ2) is 15.1. The summed E-state index contributed by atoms with van der Waals surface area (Å²) in [6.45, 7) is 16.8. The molecular weight excluding hydrogens is 564 g/mol. The Labute approximate surface area is 262 Å². The second-order valence-corrected chi connectivity index (χ2v) is 16.6. The first-order chi connectivity index (χ1) is 20.3. The summed E-state index contributed by atoms with van der Waals surface area (Å²) in [5.41, 5.74) is 5.86. The third-order valence-corrected chi connectivity index (χ3v) is 13.3. The van der Waals surface area contributed by atoms with E-state index in [2.05, 4.69) is 36.7 Å². The van der Waals surface area contributed by atoms with Crippen molar-refractivity contribution >= 4 is 10.4 Å². The van der Waals surface area contributed by atoms with E-state index in [9.17, 15) is 18.1 Å². The van der Waals surface area contributed by atoms with E-state index in [0.29, 0.717) is 35.6 Å². The molecule has 0 aromatic heterocycles. The van der Waals surface area contributed by atoms with Gasteiger partial charge in [-0.2, -0.15) is 8.42 Å². The molecule has 252 valence electrons. The fourth-order valence-corrected chi connectivity index (χ4v) is 11.3. The van der Waals surface area contributed by atoms with Crippen molar-refractivity contribution in [2.45, 2.75) is 117 Å². The van der Waals surface area contributed by atoms with E-state index in [-0.39, 0.29) is 28.8 Å². The number of aliphatic hydroxyl groups excluding tert-OH is 1. The van der Waals surface area contributed by atoms with Gasteiger partial charge in [0.2, 0.25) is 0 Å². The molecule has 3 unspecified atom stereocenters. The van der Waals surface area contributed by atoms with Crippen LogP contribution in [-0.2, 0) is 14.6 Å². The summed E-state index contributed by atoms with van der Waals surface area (Å²) in [5.74, 6) is 2.17. The molecule has 0 radical (unpaired) electrons. The maximum Gasteiger partial charge on any atom is 0.397 e. The third-order valence-electron chi connectivity index (χ3n) is 12.8. The predicted octanol–water partition coefficient (Wildman–Crippen LogP) is 3.97. The van der Waals surface area contributed by atoms with Gasteiger partial charge in [-0.15, -0.1) is 0 Å². The van der Waals surface area contributed by atoms with Crippen LogP contribution in [0.2, 0.25) is 0 Å². The van der Waals surface area contributed by atoms with Crippen molar-refractivity contribution in [1.29, 1.82) is 0 Å². The van der Waals surface area contributed by atoms with Crippen molar-refractivity contribution in [3.8, 4) is 0 Å². The minimum Gasteiger partial charge on any atom is -0.393 e. The van der Waals surface area contributed by atoms with Gasteiger partial charge in [0, 0.05) is 19.1 Å². The molecule has 0 saturated heterocycles. The highest BCUT2D eigenvalue weighted by molar-refractivity contribution is 7.80. The highest BCUT2D eigenvalue weighted by Gasteiger charge is 2.63. The lowest BCUT2D eigenvalue weighted by molar-refractivity contribution is -0.168. The number of aliphatic hydroxyl groups is 1. The molecule has 9 nitrogen and oxygen atoms in total. The molecular formula is C33H64N4O5S. The van der Waals surface area contributed by atoms with Gasteiger partial charge in [-0.05, 0) is 143 Å². The van der Waals surface area contributed by atoms with Gasteiger partial charge in [0.05, 0.1) is 12.2 Å². The van der Waals surface area contributed by atoms with Crippen LogP contribution in [0.5, 0.6) is 0 Å². The number of hydrogen-bond acceptors (Lipinski definition) is 8. The van der Waals surface area contributed by atoms with Crippen LogP contribution in [0.1, 0.15) is 98.8 Å². The van der Waals surface area contributed by atoms with E-state index in [1.54, 1.807) is 0 Å². The molecule has 10 heteroatoms. The van der Waals surface area contributed by atoms with Crippen LogP contribution in [0, 0.1) is 52.3 Å². The summed E-state index contributed by atoms with van der Waals surface area (Å²) in [5, 5.41) is 22.6. The zero-order chi connectivity index (χ0) is 31.4. The fourth-order valence-electron chi connectivity index (χ4n) is 10.7. The third kappa shape index (κ3) is 8.16. The summed E-state index contributed by atoms with van der Waals surface area (Å²) < 4.78 is 38.1. The predicted molar refractivity (Wildman–Crippen MR) is 173 cm³/mol. The monoisotopic (exact) mass is 628 g/mol. The van der Waals surface area contributed by atoms with E-state index in [0.717, 1.165) is 84.2 Å². The normalized spacial score (nSPS) is 39.2. The Bertz CT molecular complexity index is 984.